The van der Waals surface area contributed by atoms with Gasteiger partial charge in [0, 0.05) is 25.1 Å². The molecular formula is C14H18N4O. The first kappa shape index (κ1) is 12.3. The summed E-state index contributed by atoms with van der Waals surface area (Å²) in [5, 5.41) is 7.29. The van der Waals surface area contributed by atoms with Crippen molar-refractivity contribution in [2.24, 2.45) is 5.92 Å². The van der Waals surface area contributed by atoms with Gasteiger partial charge in [0.05, 0.1) is 0 Å². The highest BCUT2D eigenvalue weighted by molar-refractivity contribution is 5.52. The van der Waals surface area contributed by atoms with E-state index in [1.165, 1.54) is 25.7 Å². The van der Waals surface area contributed by atoms with Gasteiger partial charge in [-0.3, -0.25) is 10.1 Å². The Morgan fingerprint density at radius 2 is 2.21 bits per heavy atom. The van der Waals surface area contributed by atoms with E-state index >= 15 is 0 Å². The molecule has 0 aromatic carbocycles. The van der Waals surface area contributed by atoms with Crippen molar-refractivity contribution in [3.05, 3.63) is 30.4 Å². The second-order valence-corrected chi connectivity index (χ2v) is 4.99. The number of nitrogens with one attached hydrogen (secondary N) is 1. The number of hydrogen-bond acceptors (Lipinski definition) is 4. The fourth-order valence-corrected chi connectivity index (χ4v) is 2.81. The van der Waals surface area contributed by atoms with Crippen LogP contribution in [-0.2, 0) is 4.74 Å². The molecule has 0 radical (unpaired) electrons. The number of aromatic nitrogens is 4. The Bertz CT molecular complexity index is 519. The molecule has 5 nitrogen and oxygen atoms in total. The highest BCUT2D eigenvalue weighted by Gasteiger charge is 2.28. The van der Waals surface area contributed by atoms with Crippen LogP contribution in [0.25, 0.3) is 11.4 Å². The van der Waals surface area contributed by atoms with Gasteiger partial charge in [0.1, 0.15) is 6.10 Å². The first-order chi connectivity index (χ1) is 9.38. The molecule has 0 aliphatic heterocycles. The summed E-state index contributed by atoms with van der Waals surface area (Å²) < 4.78 is 5.62. The van der Waals surface area contributed by atoms with Gasteiger partial charge in [0.25, 0.3) is 0 Å². The number of rotatable bonds is 4. The minimum absolute atomic E-state index is 0.0282. The number of hydrogen-bond donors (Lipinski definition) is 1. The lowest BCUT2D eigenvalue weighted by Gasteiger charge is -2.18. The second-order valence-electron chi connectivity index (χ2n) is 4.99. The Morgan fingerprint density at radius 1 is 1.37 bits per heavy atom. The number of H-pyrrole nitrogens is 1. The molecule has 1 saturated carbocycles. The number of methoxy groups -OCH3 is 1. The molecule has 1 aliphatic carbocycles. The van der Waals surface area contributed by atoms with E-state index in [2.05, 4.69) is 20.2 Å². The van der Waals surface area contributed by atoms with Crippen molar-refractivity contribution in [1.82, 2.24) is 20.2 Å². The zero-order chi connectivity index (χ0) is 13.1. The van der Waals surface area contributed by atoms with E-state index < -0.39 is 0 Å². The summed E-state index contributed by atoms with van der Waals surface area (Å²) in [6, 6.07) is 3.84. The van der Waals surface area contributed by atoms with Crippen LogP contribution in [0.4, 0.5) is 0 Å². The van der Waals surface area contributed by atoms with Crippen molar-refractivity contribution < 1.29 is 4.74 Å². The molecule has 5 heteroatoms. The Balaban J connectivity index is 1.83. The number of pyridine rings is 1. The maximum atomic E-state index is 5.62. The van der Waals surface area contributed by atoms with Gasteiger partial charge < -0.3 is 4.74 Å². The van der Waals surface area contributed by atoms with E-state index in [0.29, 0.717) is 11.7 Å². The summed E-state index contributed by atoms with van der Waals surface area (Å²) in [5.41, 5.74) is 0.922. The van der Waals surface area contributed by atoms with Crippen LogP contribution in [0.2, 0.25) is 0 Å². The Kier molecular flexibility index (Phi) is 3.55. The molecular weight excluding hydrogens is 240 g/mol. The highest BCUT2D eigenvalue weighted by atomic mass is 16.5. The average molecular weight is 258 g/mol. The van der Waals surface area contributed by atoms with Crippen LogP contribution < -0.4 is 0 Å². The van der Waals surface area contributed by atoms with Gasteiger partial charge in [-0.25, -0.2) is 4.98 Å². The fraction of sp³-hybridized carbons (Fsp3) is 0.500. The molecule has 1 unspecified atom stereocenters. The number of ether oxygens (including phenoxy) is 1. The van der Waals surface area contributed by atoms with E-state index in [-0.39, 0.29) is 6.10 Å². The summed E-state index contributed by atoms with van der Waals surface area (Å²) in [4.78, 5) is 8.65. The van der Waals surface area contributed by atoms with Crippen LogP contribution in [0.3, 0.4) is 0 Å². The molecule has 19 heavy (non-hydrogen) atoms. The Labute approximate surface area is 112 Å². The van der Waals surface area contributed by atoms with Crippen molar-refractivity contribution in [3.8, 4) is 11.4 Å². The van der Waals surface area contributed by atoms with Crippen molar-refractivity contribution >= 4 is 0 Å². The van der Waals surface area contributed by atoms with E-state index in [1.54, 1.807) is 19.5 Å². The Morgan fingerprint density at radius 3 is 2.89 bits per heavy atom. The molecule has 1 N–H and O–H groups in total. The van der Waals surface area contributed by atoms with Gasteiger partial charge in [0.15, 0.2) is 11.6 Å². The minimum Gasteiger partial charge on any atom is -0.373 e. The van der Waals surface area contributed by atoms with E-state index in [1.807, 2.05) is 12.1 Å². The van der Waals surface area contributed by atoms with Gasteiger partial charge in [0.2, 0.25) is 0 Å². The van der Waals surface area contributed by atoms with Crippen LogP contribution in [-0.4, -0.2) is 27.3 Å². The first-order valence-electron chi connectivity index (χ1n) is 6.74. The molecule has 0 spiro atoms. The topological polar surface area (TPSA) is 63.7 Å². The second kappa shape index (κ2) is 5.48. The SMILES string of the molecule is COC(c1nc(-c2cccnc2)n[nH]1)C1CCCC1. The van der Waals surface area contributed by atoms with Gasteiger partial charge in [-0.15, -0.1) is 0 Å². The molecule has 0 amide bonds. The largest absolute Gasteiger partial charge is 0.373 e. The lowest BCUT2D eigenvalue weighted by Crippen LogP contribution is -2.13. The standard InChI is InChI=1S/C14H18N4O/c1-19-12(10-5-2-3-6-10)14-16-13(17-18-14)11-7-4-8-15-9-11/h4,7-10,12H,2-3,5-6H2,1H3,(H,16,17,18). The molecule has 2 aromatic rings. The lowest BCUT2D eigenvalue weighted by molar-refractivity contribution is 0.0469. The van der Waals surface area contributed by atoms with Crippen LogP contribution in [0, 0.1) is 5.92 Å². The van der Waals surface area contributed by atoms with Crippen molar-refractivity contribution in [1.29, 1.82) is 0 Å². The van der Waals surface area contributed by atoms with Crippen LogP contribution in [0.15, 0.2) is 24.5 Å². The maximum Gasteiger partial charge on any atom is 0.182 e. The van der Waals surface area contributed by atoms with Gasteiger partial charge in [-0.2, -0.15) is 5.10 Å². The molecule has 2 aromatic heterocycles. The highest BCUT2D eigenvalue weighted by Crippen LogP contribution is 2.36. The third-order valence-electron chi connectivity index (χ3n) is 3.77. The predicted molar refractivity (Wildman–Crippen MR) is 71.3 cm³/mol. The van der Waals surface area contributed by atoms with E-state index in [4.69, 9.17) is 4.74 Å². The summed E-state index contributed by atoms with van der Waals surface area (Å²) in [5.74, 6) is 2.07. The average Bonchev–Trinajstić information content (AvgIpc) is 3.12. The minimum atomic E-state index is 0.0282. The van der Waals surface area contributed by atoms with Crippen molar-refractivity contribution in [3.63, 3.8) is 0 Å². The fourth-order valence-electron chi connectivity index (χ4n) is 2.81. The molecule has 100 valence electrons. The molecule has 3 rings (SSSR count). The van der Waals surface area contributed by atoms with Gasteiger partial charge in [-0.05, 0) is 30.9 Å². The monoisotopic (exact) mass is 258 g/mol. The first-order valence-corrected chi connectivity index (χ1v) is 6.74. The van der Waals surface area contributed by atoms with E-state index in [0.717, 1.165) is 11.4 Å². The molecule has 1 fully saturated rings. The maximum absolute atomic E-state index is 5.62. The number of nitrogens with zero attached hydrogens (tertiary/aromatic N) is 3. The predicted octanol–water partition coefficient (Wildman–Crippen LogP) is 2.74. The molecule has 1 atom stereocenters. The van der Waals surface area contributed by atoms with Gasteiger partial charge in [-0.1, -0.05) is 12.8 Å². The molecule has 0 saturated heterocycles. The van der Waals surface area contributed by atoms with Gasteiger partial charge >= 0.3 is 0 Å². The van der Waals surface area contributed by atoms with Crippen molar-refractivity contribution in [2.75, 3.05) is 7.11 Å². The summed E-state index contributed by atoms with van der Waals surface area (Å²) in [7, 11) is 1.75. The normalized spacial score (nSPS) is 17.7. The van der Waals surface area contributed by atoms with Crippen LogP contribution in [0.5, 0.6) is 0 Å². The summed E-state index contributed by atoms with van der Waals surface area (Å²) in [6.45, 7) is 0. The summed E-state index contributed by atoms with van der Waals surface area (Å²) >= 11 is 0. The smallest absolute Gasteiger partial charge is 0.182 e. The van der Waals surface area contributed by atoms with Crippen LogP contribution >= 0.6 is 0 Å². The third-order valence-corrected chi connectivity index (χ3v) is 3.77. The molecule has 0 bridgehead atoms. The summed E-state index contributed by atoms with van der Waals surface area (Å²) in [6.07, 6.45) is 8.53. The Hall–Kier alpha value is -1.75. The van der Waals surface area contributed by atoms with Crippen molar-refractivity contribution in [2.45, 2.75) is 31.8 Å². The quantitative estimate of drug-likeness (QED) is 0.915. The lowest BCUT2D eigenvalue weighted by atomic mass is 10.0. The van der Waals surface area contributed by atoms with E-state index in [9.17, 15) is 0 Å². The molecule has 2 heterocycles. The van der Waals surface area contributed by atoms with Crippen LogP contribution in [0.1, 0.15) is 37.6 Å². The zero-order valence-electron chi connectivity index (χ0n) is 11.0. The zero-order valence-corrected chi connectivity index (χ0v) is 11.0. The third kappa shape index (κ3) is 2.51. The molecule has 1 aliphatic rings. The number of aromatic amines is 1.